The van der Waals surface area contributed by atoms with E-state index in [0.717, 1.165) is 31.4 Å². The molecule has 7 heteroatoms. The summed E-state index contributed by atoms with van der Waals surface area (Å²) in [6.45, 7) is 2.07. The van der Waals surface area contributed by atoms with Gasteiger partial charge in [0, 0.05) is 13.0 Å². The summed E-state index contributed by atoms with van der Waals surface area (Å²) in [4.78, 5) is 26.1. The summed E-state index contributed by atoms with van der Waals surface area (Å²) in [5, 5.41) is 2.21. The molecule has 1 saturated carbocycles. The third-order valence-electron chi connectivity index (χ3n) is 4.98. The first-order chi connectivity index (χ1) is 12.9. The molecule has 4 nitrogen and oxygen atoms in total. The van der Waals surface area contributed by atoms with Crippen molar-refractivity contribution in [3.63, 3.8) is 0 Å². The average molecular weight is 384 g/mol. The van der Waals surface area contributed by atoms with Crippen LogP contribution < -0.4 is 5.32 Å². The molecular formula is C20H27F3N2O2. The molecule has 27 heavy (non-hydrogen) atoms. The van der Waals surface area contributed by atoms with E-state index in [1.54, 1.807) is 0 Å². The maximum absolute atomic E-state index is 13.7. The number of halogens is 3. The van der Waals surface area contributed by atoms with Crippen molar-refractivity contribution in [1.29, 1.82) is 0 Å². The number of carbonyl (C=O) groups excluding carboxylic acids is 2. The van der Waals surface area contributed by atoms with Crippen LogP contribution in [0.25, 0.3) is 0 Å². The van der Waals surface area contributed by atoms with Crippen molar-refractivity contribution < 1.29 is 22.8 Å². The zero-order chi connectivity index (χ0) is 19.8. The van der Waals surface area contributed by atoms with Crippen LogP contribution in [0, 0.1) is 23.4 Å². The first-order valence-corrected chi connectivity index (χ1v) is 9.63. The minimum absolute atomic E-state index is 0.108. The number of rotatable bonds is 8. The second-order valence-corrected chi connectivity index (χ2v) is 7.13. The molecule has 1 aromatic rings. The van der Waals surface area contributed by atoms with E-state index < -0.39 is 29.0 Å². The number of hydrogen-bond donors (Lipinski definition) is 1. The third kappa shape index (κ3) is 6.26. The molecule has 0 atom stereocenters. The van der Waals surface area contributed by atoms with E-state index >= 15 is 0 Å². The summed E-state index contributed by atoms with van der Waals surface area (Å²) < 4.78 is 39.9. The minimum Gasteiger partial charge on any atom is -0.333 e. The SMILES string of the molecule is CCCN(CC(=O)Nc1ccc(F)c(F)c1F)C(=O)CCC1CCCCC1. The van der Waals surface area contributed by atoms with Gasteiger partial charge in [0.05, 0.1) is 12.2 Å². The molecule has 0 saturated heterocycles. The van der Waals surface area contributed by atoms with E-state index in [0.29, 0.717) is 25.3 Å². The molecule has 0 radical (unpaired) electrons. The van der Waals surface area contributed by atoms with Gasteiger partial charge in [0.15, 0.2) is 17.5 Å². The van der Waals surface area contributed by atoms with Crippen LogP contribution in [-0.4, -0.2) is 29.8 Å². The van der Waals surface area contributed by atoms with Crippen molar-refractivity contribution in [2.24, 2.45) is 5.92 Å². The minimum atomic E-state index is -1.64. The Morgan fingerprint density at radius 3 is 2.48 bits per heavy atom. The van der Waals surface area contributed by atoms with Crippen LogP contribution in [0.3, 0.4) is 0 Å². The Morgan fingerprint density at radius 2 is 1.81 bits per heavy atom. The normalized spacial score (nSPS) is 14.8. The quantitative estimate of drug-likeness (QED) is 0.664. The fraction of sp³-hybridized carbons (Fsp3) is 0.600. The molecule has 1 fully saturated rings. The molecule has 0 heterocycles. The van der Waals surface area contributed by atoms with Gasteiger partial charge in [0.2, 0.25) is 11.8 Å². The Balaban J connectivity index is 1.90. The van der Waals surface area contributed by atoms with Gasteiger partial charge in [-0.05, 0) is 30.9 Å². The number of hydrogen-bond acceptors (Lipinski definition) is 2. The van der Waals surface area contributed by atoms with E-state index in [1.807, 2.05) is 6.92 Å². The number of carbonyl (C=O) groups is 2. The fourth-order valence-electron chi connectivity index (χ4n) is 3.51. The van der Waals surface area contributed by atoms with Gasteiger partial charge in [-0.1, -0.05) is 39.0 Å². The first-order valence-electron chi connectivity index (χ1n) is 9.63. The summed E-state index contributed by atoms with van der Waals surface area (Å²) in [6, 6.07) is 1.70. The summed E-state index contributed by atoms with van der Waals surface area (Å²) in [5.41, 5.74) is -0.440. The van der Waals surface area contributed by atoms with Crippen LogP contribution in [0.4, 0.5) is 18.9 Å². The first kappa shape index (κ1) is 21.3. The van der Waals surface area contributed by atoms with Gasteiger partial charge in [0.1, 0.15) is 0 Å². The van der Waals surface area contributed by atoms with Gasteiger partial charge in [-0.3, -0.25) is 9.59 Å². The van der Waals surface area contributed by atoms with Gasteiger partial charge in [0.25, 0.3) is 0 Å². The highest BCUT2D eigenvalue weighted by Crippen LogP contribution is 2.27. The Labute approximate surface area is 158 Å². The standard InChI is InChI=1S/C20H27F3N2O2/c1-2-12-25(18(27)11-8-14-6-4-3-5-7-14)13-17(26)24-16-10-9-15(21)19(22)20(16)23/h9-10,14H,2-8,11-13H2,1H3,(H,24,26). The summed E-state index contributed by atoms with van der Waals surface area (Å²) >= 11 is 0. The van der Waals surface area contributed by atoms with Gasteiger partial charge in [-0.15, -0.1) is 0 Å². The van der Waals surface area contributed by atoms with Crippen LogP contribution in [0.5, 0.6) is 0 Å². The van der Waals surface area contributed by atoms with Crippen molar-refractivity contribution in [2.75, 3.05) is 18.4 Å². The van der Waals surface area contributed by atoms with Gasteiger partial charge < -0.3 is 10.2 Å². The van der Waals surface area contributed by atoms with Crippen molar-refractivity contribution in [3.8, 4) is 0 Å². The molecule has 1 aliphatic rings. The smallest absolute Gasteiger partial charge is 0.244 e. The number of amides is 2. The molecule has 0 aliphatic heterocycles. The van der Waals surface area contributed by atoms with Crippen LogP contribution in [0.15, 0.2) is 12.1 Å². The largest absolute Gasteiger partial charge is 0.333 e. The van der Waals surface area contributed by atoms with Gasteiger partial charge in [-0.2, -0.15) is 0 Å². The Hall–Kier alpha value is -2.05. The predicted octanol–water partition coefficient (Wildman–Crippen LogP) is 4.64. The van der Waals surface area contributed by atoms with Crippen LogP contribution in [0.1, 0.15) is 58.3 Å². The zero-order valence-corrected chi connectivity index (χ0v) is 15.7. The molecule has 150 valence electrons. The fourth-order valence-corrected chi connectivity index (χ4v) is 3.51. The zero-order valence-electron chi connectivity index (χ0n) is 15.7. The Kier molecular flexibility index (Phi) is 8.13. The lowest BCUT2D eigenvalue weighted by Crippen LogP contribution is -2.38. The van der Waals surface area contributed by atoms with Crippen molar-refractivity contribution >= 4 is 17.5 Å². The maximum atomic E-state index is 13.7. The highest BCUT2D eigenvalue weighted by molar-refractivity contribution is 5.94. The predicted molar refractivity (Wildman–Crippen MR) is 97.6 cm³/mol. The number of nitrogens with zero attached hydrogens (tertiary/aromatic N) is 1. The summed E-state index contributed by atoms with van der Waals surface area (Å²) in [7, 11) is 0. The summed E-state index contributed by atoms with van der Waals surface area (Å²) in [6.07, 6.45) is 7.86. The van der Waals surface area contributed by atoms with Crippen molar-refractivity contribution in [2.45, 2.75) is 58.3 Å². The lowest BCUT2D eigenvalue weighted by atomic mass is 9.86. The molecule has 0 bridgehead atoms. The molecule has 2 amide bonds. The van der Waals surface area contributed by atoms with Crippen molar-refractivity contribution in [3.05, 3.63) is 29.6 Å². The third-order valence-corrected chi connectivity index (χ3v) is 4.98. The van der Waals surface area contributed by atoms with E-state index in [1.165, 1.54) is 24.2 Å². The van der Waals surface area contributed by atoms with Gasteiger partial charge in [-0.25, -0.2) is 13.2 Å². The molecule has 1 N–H and O–H groups in total. The summed E-state index contributed by atoms with van der Waals surface area (Å²) in [5.74, 6) is -4.59. The second kappa shape index (κ2) is 10.3. The molecule has 1 aromatic carbocycles. The molecule has 2 rings (SSSR count). The van der Waals surface area contributed by atoms with Crippen molar-refractivity contribution in [1.82, 2.24) is 4.90 Å². The molecule has 0 unspecified atom stereocenters. The number of anilines is 1. The van der Waals surface area contributed by atoms with E-state index in [9.17, 15) is 22.8 Å². The lowest BCUT2D eigenvalue weighted by Gasteiger charge is -2.25. The van der Waals surface area contributed by atoms with Crippen LogP contribution in [0.2, 0.25) is 0 Å². The monoisotopic (exact) mass is 384 g/mol. The van der Waals surface area contributed by atoms with E-state index in [-0.39, 0.29) is 12.5 Å². The highest BCUT2D eigenvalue weighted by Gasteiger charge is 2.21. The topological polar surface area (TPSA) is 49.4 Å². The Morgan fingerprint density at radius 1 is 1.11 bits per heavy atom. The van der Waals surface area contributed by atoms with Crippen LogP contribution >= 0.6 is 0 Å². The Bertz CT molecular complexity index is 661. The highest BCUT2D eigenvalue weighted by atomic mass is 19.2. The van der Waals surface area contributed by atoms with Crippen LogP contribution in [-0.2, 0) is 9.59 Å². The molecule has 1 aliphatic carbocycles. The average Bonchev–Trinajstić information content (AvgIpc) is 2.67. The number of nitrogens with one attached hydrogen (secondary N) is 1. The second-order valence-electron chi connectivity index (χ2n) is 7.13. The number of benzene rings is 1. The molecule has 0 aromatic heterocycles. The molecular weight excluding hydrogens is 357 g/mol. The van der Waals surface area contributed by atoms with E-state index in [2.05, 4.69) is 5.32 Å². The maximum Gasteiger partial charge on any atom is 0.244 e. The van der Waals surface area contributed by atoms with E-state index in [4.69, 9.17) is 0 Å². The molecule has 0 spiro atoms. The van der Waals surface area contributed by atoms with Gasteiger partial charge >= 0.3 is 0 Å². The lowest BCUT2D eigenvalue weighted by molar-refractivity contribution is -0.135.